The van der Waals surface area contributed by atoms with Gasteiger partial charge in [0.25, 0.3) is 0 Å². The molecule has 0 bridgehead atoms. The van der Waals surface area contributed by atoms with Crippen LogP contribution in [0.3, 0.4) is 0 Å². The topological polar surface area (TPSA) is 36.4 Å². The molecule has 2 rings (SSSR count). The Morgan fingerprint density at radius 3 is 2.42 bits per heavy atom. The fourth-order valence-corrected chi connectivity index (χ4v) is 3.20. The minimum atomic E-state index is 0.127. The van der Waals surface area contributed by atoms with E-state index in [-0.39, 0.29) is 11.3 Å². The molecule has 0 saturated carbocycles. The van der Waals surface area contributed by atoms with E-state index in [2.05, 4.69) is 31.1 Å². The van der Waals surface area contributed by atoms with Crippen LogP contribution in [-0.2, 0) is 16.8 Å². The van der Waals surface area contributed by atoms with Gasteiger partial charge in [-0.25, -0.2) is 4.98 Å². The highest BCUT2D eigenvalue weighted by molar-refractivity contribution is 7.09. The van der Waals surface area contributed by atoms with Gasteiger partial charge in [0, 0.05) is 43.9 Å². The molecule has 1 amide bonds. The quantitative estimate of drug-likeness (QED) is 0.833. The number of hydrogen-bond acceptors (Lipinski definition) is 4. The van der Waals surface area contributed by atoms with Gasteiger partial charge in [-0.15, -0.1) is 11.3 Å². The van der Waals surface area contributed by atoms with Gasteiger partial charge in [-0.3, -0.25) is 9.69 Å². The average Bonchev–Trinajstić information content (AvgIpc) is 2.78. The molecule has 0 unspecified atom stereocenters. The van der Waals surface area contributed by atoms with Gasteiger partial charge in [-0.05, 0) is 0 Å². The van der Waals surface area contributed by atoms with Gasteiger partial charge in [0.15, 0.2) is 0 Å². The lowest BCUT2D eigenvalue weighted by molar-refractivity contribution is -0.130. The monoisotopic (exact) mass is 281 g/mol. The van der Waals surface area contributed by atoms with Gasteiger partial charge in [0.05, 0.1) is 12.2 Å². The van der Waals surface area contributed by atoms with Crippen LogP contribution >= 0.6 is 11.3 Å². The van der Waals surface area contributed by atoms with Crippen molar-refractivity contribution in [2.45, 2.75) is 39.7 Å². The number of hydrogen-bond donors (Lipinski definition) is 0. The molecule has 2 heterocycles. The molecule has 0 aliphatic carbocycles. The number of carbonyl (C=O) groups is 1. The lowest BCUT2D eigenvalue weighted by Crippen LogP contribution is -2.47. The number of aromatic nitrogens is 1. The molecular formula is C14H23N3OS. The van der Waals surface area contributed by atoms with Crippen LogP contribution in [0.4, 0.5) is 0 Å². The maximum Gasteiger partial charge on any atom is 0.219 e. The molecule has 5 heteroatoms. The maximum absolute atomic E-state index is 11.3. The van der Waals surface area contributed by atoms with Crippen molar-refractivity contribution in [3.8, 4) is 0 Å². The predicted octanol–water partition coefficient (Wildman–Crippen LogP) is 2.10. The fourth-order valence-electron chi connectivity index (χ4n) is 2.14. The molecule has 1 fully saturated rings. The van der Waals surface area contributed by atoms with E-state index in [0.29, 0.717) is 0 Å². The Bertz CT molecular complexity index is 442. The zero-order valence-corrected chi connectivity index (χ0v) is 13.1. The summed E-state index contributed by atoms with van der Waals surface area (Å²) in [5, 5.41) is 3.35. The van der Waals surface area contributed by atoms with Crippen LogP contribution in [0.15, 0.2) is 5.38 Å². The third-order valence-electron chi connectivity index (χ3n) is 3.50. The highest BCUT2D eigenvalue weighted by Gasteiger charge is 2.21. The average molecular weight is 281 g/mol. The largest absolute Gasteiger partial charge is 0.340 e. The summed E-state index contributed by atoms with van der Waals surface area (Å²) in [6.07, 6.45) is 0. The Morgan fingerprint density at radius 2 is 1.95 bits per heavy atom. The second kappa shape index (κ2) is 5.59. The first-order valence-electron chi connectivity index (χ1n) is 6.79. The van der Waals surface area contributed by atoms with Crippen LogP contribution in [-0.4, -0.2) is 46.9 Å². The molecule has 0 aromatic carbocycles. The molecule has 1 aromatic heterocycles. The lowest BCUT2D eigenvalue weighted by atomic mass is 9.93. The van der Waals surface area contributed by atoms with Gasteiger partial charge >= 0.3 is 0 Å². The van der Waals surface area contributed by atoms with Crippen molar-refractivity contribution in [2.24, 2.45) is 0 Å². The molecule has 0 radical (unpaired) electrons. The Balaban J connectivity index is 1.89. The van der Waals surface area contributed by atoms with Crippen molar-refractivity contribution in [3.63, 3.8) is 0 Å². The number of thiazole rings is 1. The Morgan fingerprint density at radius 1 is 1.32 bits per heavy atom. The van der Waals surface area contributed by atoms with Crippen LogP contribution in [0.2, 0.25) is 0 Å². The summed E-state index contributed by atoms with van der Waals surface area (Å²) in [6.45, 7) is 12.7. The van der Waals surface area contributed by atoms with Gasteiger partial charge in [-0.1, -0.05) is 20.8 Å². The standard InChI is InChI=1S/C14H23N3OS/c1-11(18)17-7-5-16(6-8-17)9-13-15-12(10-19-13)14(2,3)4/h10H,5-9H2,1-4H3. The molecule has 1 aromatic rings. The van der Waals surface area contributed by atoms with E-state index < -0.39 is 0 Å². The van der Waals surface area contributed by atoms with Crippen molar-refractivity contribution in [1.29, 1.82) is 0 Å². The van der Waals surface area contributed by atoms with E-state index in [9.17, 15) is 4.79 Å². The summed E-state index contributed by atoms with van der Waals surface area (Å²) >= 11 is 1.74. The van der Waals surface area contributed by atoms with E-state index in [0.717, 1.165) is 32.7 Å². The predicted molar refractivity (Wildman–Crippen MR) is 78.3 cm³/mol. The zero-order valence-electron chi connectivity index (χ0n) is 12.3. The van der Waals surface area contributed by atoms with Crippen LogP contribution in [0, 0.1) is 0 Å². The van der Waals surface area contributed by atoms with E-state index in [1.807, 2.05) is 4.90 Å². The van der Waals surface area contributed by atoms with Gasteiger partial charge in [0.1, 0.15) is 5.01 Å². The molecule has 1 aliphatic heterocycles. The minimum absolute atomic E-state index is 0.127. The fraction of sp³-hybridized carbons (Fsp3) is 0.714. The number of carbonyl (C=O) groups excluding carboxylic acids is 1. The van der Waals surface area contributed by atoms with E-state index in [1.165, 1.54) is 10.7 Å². The SMILES string of the molecule is CC(=O)N1CCN(Cc2nc(C(C)(C)C)cs2)CC1. The van der Waals surface area contributed by atoms with E-state index in [4.69, 9.17) is 4.98 Å². The third kappa shape index (κ3) is 3.76. The summed E-state index contributed by atoms with van der Waals surface area (Å²) in [4.78, 5) is 20.3. The van der Waals surface area contributed by atoms with Crippen molar-refractivity contribution >= 4 is 17.2 Å². The molecule has 19 heavy (non-hydrogen) atoms. The van der Waals surface area contributed by atoms with E-state index in [1.54, 1.807) is 18.3 Å². The molecule has 4 nitrogen and oxygen atoms in total. The molecule has 0 N–H and O–H groups in total. The van der Waals surface area contributed by atoms with Crippen LogP contribution in [0.1, 0.15) is 38.4 Å². The van der Waals surface area contributed by atoms with Gasteiger partial charge in [-0.2, -0.15) is 0 Å². The normalized spacial score (nSPS) is 17.8. The molecule has 0 atom stereocenters. The first-order valence-corrected chi connectivity index (χ1v) is 7.67. The van der Waals surface area contributed by atoms with Crippen LogP contribution < -0.4 is 0 Å². The Hall–Kier alpha value is -0.940. The summed E-state index contributed by atoms with van der Waals surface area (Å²) < 4.78 is 0. The molecule has 1 saturated heterocycles. The van der Waals surface area contributed by atoms with Crippen molar-refractivity contribution in [2.75, 3.05) is 26.2 Å². The molecule has 106 valence electrons. The van der Waals surface area contributed by atoms with Crippen molar-refractivity contribution in [3.05, 3.63) is 16.1 Å². The summed E-state index contributed by atoms with van der Waals surface area (Å²) in [6, 6.07) is 0. The van der Waals surface area contributed by atoms with Crippen LogP contribution in [0.5, 0.6) is 0 Å². The van der Waals surface area contributed by atoms with Crippen molar-refractivity contribution < 1.29 is 4.79 Å². The summed E-state index contributed by atoms with van der Waals surface area (Å²) in [7, 11) is 0. The Kier molecular flexibility index (Phi) is 4.26. The van der Waals surface area contributed by atoms with E-state index >= 15 is 0 Å². The minimum Gasteiger partial charge on any atom is -0.340 e. The Labute approximate surface area is 119 Å². The number of rotatable bonds is 2. The van der Waals surface area contributed by atoms with Gasteiger partial charge in [0.2, 0.25) is 5.91 Å². The third-order valence-corrected chi connectivity index (χ3v) is 4.33. The number of nitrogens with zero attached hydrogens (tertiary/aromatic N) is 3. The first-order chi connectivity index (χ1) is 8.86. The highest BCUT2D eigenvalue weighted by atomic mass is 32.1. The maximum atomic E-state index is 11.3. The second-order valence-corrected chi connectivity index (χ2v) is 7.10. The summed E-state index contributed by atoms with van der Waals surface area (Å²) in [5.41, 5.74) is 1.30. The van der Waals surface area contributed by atoms with Crippen molar-refractivity contribution in [1.82, 2.24) is 14.8 Å². The lowest BCUT2D eigenvalue weighted by Gasteiger charge is -2.33. The first kappa shape index (κ1) is 14.5. The molecule has 1 aliphatic rings. The smallest absolute Gasteiger partial charge is 0.219 e. The number of piperazine rings is 1. The zero-order chi connectivity index (χ0) is 14.0. The molecule has 0 spiro atoms. The number of amides is 1. The van der Waals surface area contributed by atoms with Gasteiger partial charge < -0.3 is 4.90 Å². The second-order valence-electron chi connectivity index (χ2n) is 6.16. The highest BCUT2D eigenvalue weighted by Crippen LogP contribution is 2.24. The van der Waals surface area contributed by atoms with Crippen LogP contribution in [0.25, 0.3) is 0 Å². The summed E-state index contributed by atoms with van der Waals surface area (Å²) in [5.74, 6) is 0.184. The molecular weight excluding hydrogens is 258 g/mol.